The Morgan fingerprint density at radius 2 is 2.30 bits per heavy atom. The van der Waals surface area contributed by atoms with E-state index >= 15 is 0 Å². The normalized spacial score (nSPS) is 19.3. The minimum atomic E-state index is -0.206. The molecular weight excluding hydrogens is 360 g/mol. The second-order valence-corrected chi connectivity index (χ2v) is 8.39. The summed E-state index contributed by atoms with van der Waals surface area (Å²) in [6, 6.07) is 6.15. The molecule has 0 bridgehead atoms. The fourth-order valence-electron chi connectivity index (χ4n) is 3.84. The standard InChI is InChI=1S/C20H24N4O2S/c1-4-23(14-8-10-26-20(2,3)12-14)19(25)15-13-22-24-16(7-9-21-18(15)24)17-6-5-11-27-17/h5-7,9,11,13-14H,4,8,10,12H2,1-3H3. The number of nitrogens with zero attached hydrogens (tertiary/aromatic N) is 4. The van der Waals surface area contributed by atoms with E-state index in [1.807, 2.05) is 35.4 Å². The number of aromatic nitrogens is 3. The van der Waals surface area contributed by atoms with Crippen LogP contribution in [0.3, 0.4) is 0 Å². The fourth-order valence-corrected chi connectivity index (χ4v) is 4.58. The van der Waals surface area contributed by atoms with Crippen molar-refractivity contribution in [2.24, 2.45) is 0 Å². The molecule has 7 heteroatoms. The van der Waals surface area contributed by atoms with Crippen LogP contribution in [0.25, 0.3) is 16.2 Å². The summed E-state index contributed by atoms with van der Waals surface area (Å²) in [7, 11) is 0. The van der Waals surface area contributed by atoms with Crippen molar-refractivity contribution >= 4 is 22.9 Å². The minimum absolute atomic E-state index is 0.00831. The molecule has 0 N–H and O–H groups in total. The number of fused-ring (bicyclic) bond motifs is 1. The Labute approximate surface area is 162 Å². The third-order valence-electron chi connectivity index (χ3n) is 5.12. The summed E-state index contributed by atoms with van der Waals surface area (Å²) in [6.45, 7) is 7.53. The van der Waals surface area contributed by atoms with Crippen LogP contribution in [0.15, 0.2) is 36.0 Å². The molecule has 6 nitrogen and oxygen atoms in total. The summed E-state index contributed by atoms with van der Waals surface area (Å²) in [5.41, 5.74) is 1.90. The molecule has 1 unspecified atom stereocenters. The number of amides is 1. The van der Waals surface area contributed by atoms with Crippen molar-refractivity contribution < 1.29 is 9.53 Å². The van der Waals surface area contributed by atoms with Crippen LogP contribution in [0.1, 0.15) is 44.0 Å². The molecule has 1 amide bonds. The van der Waals surface area contributed by atoms with E-state index in [0.29, 0.717) is 24.4 Å². The second kappa shape index (κ2) is 7.05. The first kappa shape index (κ1) is 18.1. The van der Waals surface area contributed by atoms with Crippen molar-refractivity contribution in [3.63, 3.8) is 0 Å². The topological polar surface area (TPSA) is 59.7 Å². The van der Waals surface area contributed by atoms with Crippen molar-refractivity contribution in [1.29, 1.82) is 0 Å². The predicted molar refractivity (Wildman–Crippen MR) is 106 cm³/mol. The van der Waals surface area contributed by atoms with Gasteiger partial charge in [-0.25, -0.2) is 9.50 Å². The van der Waals surface area contributed by atoms with Gasteiger partial charge in [-0.1, -0.05) is 6.07 Å². The van der Waals surface area contributed by atoms with Crippen LogP contribution in [0.5, 0.6) is 0 Å². The molecule has 142 valence electrons. The number of carbonyl (C=O) groups excluding carboxylic acids is 1. The van der Waals surface area contributed by atoms with E-state index in [1.54, 1.807) is 28.2 Å². The molecule has 1 aliphatic heterocycles. The lowest BCUT2D eigenvalue weighted by atomic mass is 9.92. The summed E-state index contributed by atoms with van der Waals surface area (Å²) >= 11 is 1.64. The van der Waals surface area contributed by atoms with Gasteiger partial charge in [-0.3, -0.25) is 4.79 Å². The second-order valence-electron chi connectivity index (χ2n) is 7.45. The number of thiophene rings is 1. The first-order chi connectivity index (χ1) is 13.0. The molecule has 0 aromatic carbocycles. The van der Waals surface area contributed by atoms with Crippen molar-refractivity contribution in [3.8, 4) is 10.6 Å². The lowest BCUT2D eigenvalue weighted by molar-refractivity contribution is -0.0777. The average molecular weight is 385 g/mol. The molecule has 0 radical (unpaired) electrons. The van der Waals surface area contributed by atoms with Gasteiger partial charge in [-0.15, -0.1) is 11.3 Å². The summed E-state index contributed by atoms with van der Waals surface area (Å²) in [5.74, 6) is -0.00831. The predicted octanol–water partition coefficient (Wildman–Crippen LogP) is 3.88. The van der Waals surface area contributed by atoms with Crippen LogP contribution in [-0.4, -0.2) is 50.2 Å². The highest BCUT2D eigenvalue weighted by atomic mass is 32.1. The molecule has 4 heterocycles. The van der Waals surface area contributed by atoms with Gasteiger partial charge in [0.15, 0.2) is 5.65 Å². The third-order valence-corrected chi connectivity index (χ3v) is 6.01. The zero-order valence-electron chi connectivity index (χ0n) is 15.9. The summed E-state index contributed by atoms with van der Waals surface area (Å²) in [6.07, 6.45) is 5.08. The Bertz CT molecular complexity index is 948. The Morgan fingerprint density at radius 1 is 1.44 bits per heavy atom. The Balaban J connectivity index is 1.69. The van der Waals surface area contributed by atoms with E-state index in [9.17, 15) is 4.79 Å². The number of hydrogen-bond acceptors (Lipinski definition) is 5. The summed E-state index contributed by atoms with van der Waals surface area (Å²) in [5, 5.41) is 6.51. The van der Waals surface area contributed by atoms with Crippen LogP contribution in [0.4, 0.5) is 0 Å². The van der Waals surface area contributed by atoms with Crippen molar-refractivity contribution in [2.75, 3.05) is 13.2 Å². The molecule has 1 aliphatic rings. The Hall–Kier alpha value is -2.25. The zero-order chi connectivity index (χ0) is 19.0. The highest BCUT2D eigenvalue weighted by Crippen LogP contribution is 2.29. The maximum atomic E-state index is 13.4. The minimum Gasteiger partial charge on any atom is -0.375 e. The maximum absolute atomic E-state index is 13.4. The molecule has 3 aromatic rings. The largest absolute Gasteiger partial charge is 0.375 e. The van der Waals surface area contributed by atoms with Gasteiger partial charge in [0.05, 0.1) is 22.4 Å². The van der Waals surface area contributed by atoms with Gasteiger partial charge in [0.1, 0.15) is 5.56 Å². The molecule has 1 saturated heterocycles. The highest BCUT2D eigenvalue weighted by molar-refractivity contribution is 7.13. The van der Waals surface area contributed by atoms with E-state index in [0.717, 1.165) is 23.4 Å². The van der Waals surface area contributed by atoms with E-state index in [2.05, 4.69) is 23.9 Å². The van der Waals surface area contributed by atoms with E-state index in [1.165, 1.54) is 0 Å². The molecule has 3 aromatic heterocycles. The molecule has 1 fully saturated rings. The fraction of sp³-hybridized carbons (Fsp3) is 0.450. The zero-order valence-corrected chi connectivity index (χ0v) is 16.7. The van der Waals surface area contributed by atoms with E-state index in [4.69, 9.17) is 4.74 Å². The molecule has 0 aliphatic carbocycles. The lowest BCUT2D eigenvalue weighted by Gasteiger charge is -2.40. The average Bonchev–Trinajstić information content (AvgIpc) is 3.31. The lowest BCUT2D eigenvalue weighted by Crippen LogP contribution is -2.48. The molecule has 27 heavy (non-hydrogen) atoms. The quantitative estimate of drug-likeness (QED) is 0.685. The van der Waals surface area contributed by atoms with Crippen molar-refractivity contribution in [3.05, 3.63) is 41.5 Å². The number of carbonyl (C=O) groups is 1. The third kappa shape index (κ3) is 3.37. The first-order valence-electron chi connectivity index (χ1n) is 9.32. The van der Waals surface area contributed by atoms with Gasteiger partial charge in [-0.05, 0) is 51.1 Å². The Morgan fingerprint density at radius 3 is 3.00 bits per heavy atom. The summed E-state index contributed by atoms with van der Waals surface area (Å²) < 4.78 is 7.59. The maximum Gasteiger partial charge on any atom is 0.259 e. The van der Waals surface area contributed by atoms with Gasteiger partial charge < -0.3 is 9.64 Å². The van der Waals surface area contributed by atoms with Gasteiger partial charge >= 0.3 is 0 Å². The molecular formula is C20H24N4O2S. The first-order valence-corrected chi connectivity index (χ1v) is 10.2. The van der Waals surface area contributed by atoms with E-state index < -0.39 is 0 Å². The van der Waals surface area contributed by atoms with Gasteiger partial charge in [0.25, 0.3) is 5.91 Å². The Kier molecular flexibility index (Phi) is 4.74. The van der Waals surface area contributed by atoms with Crippen LogP contribution < -0.4 is 0 Å². The highest BCUT2D eigenvalue weighted by Gasteiger charge is 2.35. The molecule has 0 saturated carbocycles. The monoisotopic (exact) mass is 384 g/mol. The van der Waals surface area contributed by atoms with Crippen LogP contribution in [0.2, 0.25) is 0 Å². The van der Waals surface area contributed by atoms with Crippen molar-refractivity contribution in [1.82, 2.24) is 19.5 Å². The van der Waals surface area contributed by atoms with Gasteiger partial charge in [-0.2, -0.15) is 5.10 Å². The molecule has 1 atom stereocenters. The van der Waals surface area contributed by atoms with Gasteiger partial charge in [0.2, 0.25) is 0 Å². The molecule has 4 rings (SSSR count). The van der Waals surface area contributed by atoms with E-state index in [-0.39, 0.29) is 17.6 Å². The van der Waals surface area contributed by atoms with Crippen LogP contribution >= 0.6 is 11.3 Å². The number of hydrogen-bond donors (Lipinski definition) is 0. The SMILES string of the molecule is CCN(C(=O)c1cnn2c(-c3cccs3)ccnc12)C1CCOC(C)(C)C1. The van der Waals surface area contributed by atoms with Gasteiger partial charge in [0, 0.05) is 25.4 Å². The smallest absolute Gasteiger partial charge is 0.259 e. The number of ether oxygens (including phenoxy) is 1. The van der Waals surface area contributed by atoms with Crippen LogP contribution in [0, 0.1) is 0 Å². The van der Waals surface area contributed by atoms with Crippen LogP contribution in [-0.2, 0) is 4.74 Å². The van der Waals surface area contributed by atoms with Crippen molar-refractivity contribution in [2.45, 2.75) is 45.3 Å². The number of rotatable bonds is 4. The summed E-state index contributed by atoms with van der Waals surface area (Å²) in [4.78, 5) is 20.9. The molecule has 0 spiro atoms.